The normalized spacial score (nSPS) is 15.1. The standard InChI is InChI=1S/C42H28N2O/c1-2-10-27(11-3-1)28-18-21-40-34(24-28)33-14-6-9-17-39(33)44(40)30-20-23-42-36(26-30)35-25-29(19-22-41(35)45-42)43-37-15-7-4-12-31(37)32-13-5-8-16-38(32)43/h1-10,12-27H,11H2. The first-order valence-electron chi connectivity index (χ1n) is 15.6. The smallest absolute Gasteiger partial charge is 0.135 e. The number of nitrogens with zero attached hydrogens (tertiary/aromatic N) is 2. The molecule has 1 atom stereocenters. The lowest BCUT2D eigenvalue weighted by Gasteiger charge is -2.14. The minimum Gasteiger partial charge on any atom is -0.456 e. The van der Waals surface area contributed by atoms with Crippen LogP contribution in [-0.4, -0.2) is 9.13 Å². The fourth-order valence-electron chi connectivity index (χ4n) is 7.56. The number of hydrogen-bond acceptors (Lipinski definition) is 1. The molecule has 3 nitrogen and oxygen atoms in total. The molecule has 1 unspecified atom stereocenters. The highest BCUT2D eigenvalue weighted by Crippen LogP contribution is 2.39. The van der Waals surface area contributed by atoms with E-state index in [1.54, 1.807) is 0 Å². The highest BCUT2D eigenvalue weighted by Gasteiger charge is 2.18. The van der Waals surface area contributed by atoms with Crippen LogP contribution in [0.4, 0.5) is 0 Å². The number of furan rings is 1. The zero-order valence-corrected chi connectivity index (χ0v) is 24.5. The summed E-state index contributed by atoms with van der Waals surface area (Å²) in [5.41, 5.74) is 10.2. The lowest BCUT2D eigenvalue weighted by molar-refractivity contribution is 0.669. The maximum atomic E-state index is 6.40. The van der Waals surface area contributed by atoms with E-state index in [-0.39, 0.29) is 0 Å². The second kappa shape index (κ2) is 9.35. The van der Waals surface area contributed by atoms with Crippen LogP contribution in [0.25, 0.3) is 76.9 Å². The third kappa shape index (κ3) is 3.58. The molecule has 0 N–H and O–H groups in total. The zero-order valence-electron chi connectivity index (χ0n) is 24.5. The zero-order chi connectivity index (χ0) is 29.5. The molecule has 1 aliphatic rings. The van der Waals surface area contributed by atoms with Crippen molar-refractivity contribution in [1.82, 2.24) is 9.13 Å². The molecule has 0 amide bonds. The SMILES string of the molecule is C1=CCC(c2ccc3c(c2)c2ccccc2n3-c2ccc3oc4ccc(-n5c6ccccc6c6ccccc65)cc4c3c2)C=C1. The van der Waals surface area contributed by atoms with Crippen molar-refractivity contribution in [1.29, 1.82) is 0 Å². The Labute approximate surface area is 259 Å². The average molecular weight is 577 g/mol. The summed E-state index contributed by atoms with van der Waals surface area (Å²) in [4.78, 5) is 0. The predicted octanol–water partition coefficient (Wildman–Crippen LogP) is 11.4. The van der Waals surface area contributed by atoms with Gasteiger partial charge in [0, 0.05) is 49.6 Å². The van der Waals surface area contributed by atoms with E-state index in [1.807, 2.05) is 0 Å². The number of rotatable bonds is 3. The van der Waals surface area contributed by atoms with Gasteiger partial charge in [-0.1, -0.05) is 85.0 Å². The van der Waals surface area contributed by atoms with Gasteiger partial charge in [0.2, 0.25) is 0 Å². The molecular weight excluding hydrogens is 548 g/mol. The molecule has 0 fully saturated rings. The van der Waals surface area contributed by atoms with Crippen LogP contribution in [0.3, 0.4) is 0 Å². The van der Waals surface area contributed by atoms with Gasteiger partial charge in [0.1, 0.15) is 11.2 Å². The number of benzene rings is 6. The summed E-state index contributed by atoms with van der Waals surface area (Å²) in [6.45, 7) is 0. The Bertz CT molecular complexity index is 2640. The van der Waals surface area contributed by atoms with Gasteiger partial charge in [-0.15, -0.1) is 0 Å². The van der Waals surface area contributed by atoms with Crippen LogP contribution in [0.15, 0.2) is 156 Å². The molecule has 0 radical (unpaired) electrons. The van der Waals surface area contributed by atoms with Crippen molar-refractivity contribution in [2.75, 3.05) is 0 Å². The van der Waals surface area contributed by atoms with E-state index in [4.69, 9.17) is 4.42 Å². The summed E-state index contributed by atoms with van der Waals surface area (Å²) in [6, 6.07) is 46.3. The van der Waals surface area contributed by atoms with Gasteiger partial charge in [0.25, 0.3) is 0 Å². The maximum absolute atomic E-state index is 6.40. The number of para-hydroxylation sites is 3. The Morgan fingerprint density at radius 1 is 0.467 bits per heavy atom. The third-order valence-electron chi connectivity index (χ3n) is 9.64. The van der Waals surface area contributed by atoms with E-state index < -0.39 is 0 Å². The van der Waals surface area contributed by atoms with Crippen molar-refractivity contribution in [3.63, 3.8) is 0 Å². The number of aromatic nitrogens is 2. The molecule has 9 aromatic rings. The molecule has 0 bridgehead atoms. The Hall–Kier alpha value is -5.80. The highest BCUT2D eigenvalue weighted by molar-refractivity contribution is 6.12. The van der Waals surface area contributed by atoms with Crippen LogP contribution in [0, 0.1) is 0 Å². The molecular formula is C42H28N2O. The van der Waals surface area contributed by atoms with Crippen molar-refractivity contribution in [3.8, 4) is 11.4 Å². The largest absolute Gasteiger partial charge is 0.456 e. The summed E-state index contributed by atoms with van der Waals surface area (Å²) < 4.78 is 11.2. The lowest BCUT2D eigenvalue weighted by atomic mass is 9.91. The molecule has 3 heterocycles. The van der Waals surface area contributed by atoms with Crippen molar-refractivity contribution in [2.45, 2.75) is 12.3 Å². The van der Waals surface area contributed by atoms with Crippen molar-refractivity contribution >= 4 is 65.6 Å². The Morgan fingerprint density at radius 3 is 1.56 bits per heavy atom. The van der Waals surface area contributed by atoms with E-state index in [9.17, 15) is 0 Å². The van der Waals surface area contributed by atoms with E-state index in [2.05, 4.69) is 161 Å². The third-order valence-corrected chi connectivity index (χ3v) is 9.64. The van der Waals surface area contributed by atoms with Gasteiger partial charge in [0.15, 0.2) is 0 Å². The number of fused-ring (bicyclic) bond motifs is 9. The molecule has 0 spiro atoms. The highest BCUT2D eigenvalue weighted by atomic mass is 16.3. The molecule has 0 aliphatic heterocycles. The molecule has 1 aliphatic carbocycles. The van der Waals surface area contributed by atoms with Crippen LogP contribution in [-0.2, 0) is 0 Å². The van der Waals surface area contributed by atoms with Gasteiger partial charge >= 0.3 is 0 Å². The number of hydrogen-bond donors (Lipinski definition) is 0. The second-order valence-electron chi connectivity index (χ2n) is 12.1. The first kappa shape index (κ1) is 24.6. The fourth-order valence-corrected chi connectivity index (χ4v) is 7.56. The van der Waals surface area contributed by atoms with Crippen molar-refractivity contribution in [3.05, 3.63) is 157 Å². The minimum atomic E-state index is 0.416. The van der Waals surface area contributed by atoms with Crippen LogP contribution >= 0.6 is 0 Å². The van der Waals surface area contributed by atoms with Gasteiger partial charge < -0.3 is 13.6 Å². The molecule has 3 aromatic heterocycles. The summed E-state index contributed by atoms with van der Waals surface area (Å²) in [5, 5.41) is 7.32. The summed E-state index contributed by atoms with van der Waals surface area (Å²) in [5.74, 6) is 0.416. The van der Waals surface area contributed by atoms with E-state index >= 15 is 0 Å². The molecule has 10 rings (SSSR count). The van der Waals surface area contributed by atoms with Gasteiger partial charge in [-0.05, 0) is 78.7 Å². The Morgan fingerprint density at radius 2 is 1.00 bits per heavy atom. The van der Waals surface area contributed by atoms with E-state index in [0.29, 0.717) is 5.92 Å². The maximum Gasteiger partial charge on any atom is 0.135 e. The molecule has 6 aromatic carbocycles. The Balaban J connectivity index is 1.19. The predicted molar refractivity (Wildman–Crippen MR) is 188 cm³/mol. The van der Waals surface area contributed by atoms with Crippen molar-refractivity contribution < 1.29 is 4.42 Å². The monoisotopic (exact) mass is 576 g/mol. The van der Waals surface area contributed by atoms with Crippen LogP contribution < -0.4 is 0 Å². The van der Waals surface area contributed by atoms with Crippen LogP contribution in [0.1, 0.15) is 17.9 Å². The average Bonchev–Trinajstić information content (AvgIpc) is 3.75. The Kier molecular flexibility index (Phi) is 5.11. The van der Waals surface area contributed by atoms with E-state index in [1.165, 1.54) is 49.2 Å². The van der Waals surface area contributed by atoms with Crippen molar-refractivity contribution in [2.24, 2.45) is 0 Å². The molecule has 212 valence electrons. The van der Waals surface area contributed by atoms with Gasteiger partial charge in [-0.25, -0.2) is 0 Å². The summed E-state index contributed by atoms with van der Waals surface area (Å²) in [6.07, 6.45) is 9.92. The molecule has 0 saturated carbocycles. The fraction of sp³-hybridized carbons (Fsp3) is 0.0476. The number of allylic oxidation sites excluding steroid dienone is 4. The molecule has 0 saturated heterocycles. The summed E-state index contributed by atoms with van der Waals surface area (Å²) in [7, 11) is 0. The van der Waals surface area contributed by atoms with Gasteiger partial charge in [-0.2, -0.15) is 0 Å². The van der Waals surface area contributed by atoms with Crippen LogP contribution in [0.2, 0.25) is 0 Å². The lowest BCUT2D eigenvalue weighted by Crippen LogP contribution is -1.97. The minimum absolute atomic E-state index is 0.416. The van der Waals surface area contributed by atoms with Crippen LogP contribution in [0.5, 0.6) is 0 Å². The topological polar surface area (TPSA) is 23.0 Å². The molecule has 3 heteroatoms. The molecule has 45 heavy (non-hydrogen) atoms. The first-order chi connectivity index (χ1) is 22.3. The van der Waals surface area contributed by atoms with Gasteiger partial charge in [0.05, 0.1) is 22.1 Å². The second-order valence-corrected chi connectivity index (χ2v) is 12.1. The summed E-state index contributed by atoms with van der Waals surface area (Å²) >= 11 is 0. The van der Waals surface area contributed by atoms with Gasteiger partial charge in [-0.3, -0.25) is 0 Å². The quantitative estimate of drug-likeness (QED) is 0.205. The van der Waals surface area contributed by atoms with E-state index in [0.717, 1.165) is 39.7 Å². The first-order valence-corrected chi connectivity index (χ1v) is 15.6.